The zero-order valence-electron chi connectivity index (χ0n) is 33.9. The Morgan fingerprint density at radius 1 is 0.636 bits per heavy atom. The van der Waals surface area contributed by atoms with Crippen LogP contribution in [0.4, 0.5) is 4.79 Å². The minimum atomic E-state index is -1.04. The highest BCUT2D eigenvalue weighted by atomic mass is 16.8. The van der Waals surface area contributed by atoms with Gasteiger partial charge in [0.1, 0.15) is 54.3 Å². The largest absolute Gasteiger partial charge is 0.467 e. The second-order valence-corrected chi connectivity index (χ2v) is 16.1. The molecular weight excluding hydrogens is 728 g/mol. The maximum absolute atomic E-state index is 13.7. The van der Waals surface area contributed by atoms with Crippen LogP contribution in [0.2, 0.25) is 0 Å². The molecule has 0 bridgehead atoms. The van der Waals surface area contributed by atoms with Crippen LogP contribution in [-0.4, -0.2) is 142 Å². The van der Waals surface area contributed by atoms with E-state index in [0.29, 0.717) is 0 Å². The number of alkyl carbamates (subject to hydrolysis) is 1. The van der Waals surface area contributed by atoms with Crippen molar-refractivity contribution in [2.75, 3.05) is 21.3 Å². The van der Waals surface area contributed by atoms with Gasteiger partial charge in [0.15, 0.2) is 24.2 Å². The van der Waals surface area contributed by atoms with E-state index < -0.39 is 120 Å². The van der Waals surface area contributed by atoms with E-state index in [1.807, 2.05) is 0 Å². The molecule has 0 saturated carbocycles. The van der Waals surface area contributed by atoms with Crippen LogP contribution in [-0.2, 0) is 66.5 Å². The molecule has 4 amide bonds. The van der Waals surface area contributed by atoms with Crippen LogP contribution in [0.3, 0.4) is 0 Å². The fourth-order valence-corrected chi connectivity index (χ4v) is 7.12. The number of hydrogen-bond donors (Lipinski definition) is 4. The van der Waals surface area contributed by atoms with Crippen molar-refractivity contribution in [3.8, 4) is 0 Å². The summed E-state index contributed by atoms with van der Waals surface area (Å²) in [7, 11) is 4.15. The van der Waals surface area contributed by atoms with Gasteiger partial charge in [0.2, 0.25) is 17.7 Å². The van der Waals surface area contributed by atoms with E-state index >= 15 is 0 Å². The number of esters is 1. The molecule has 0 radical (unpaired) electrons. The fraction of sp³-hybridized carbons (Fsp3) is 0.861. The lowest BCUT2D eigenvalue weighted by atomic mass is 9.98. The number of methoxy groups -OCH3 is 3. The molecule has 4 saturated heterocycles. The molecule has 0 aromatic rings. The van der Waals surface area contributed by atoms with Gasteiger partial charge in [0.25, 0.3) is 0 Å². The third kappa shape index (κ3) is 11.7. The Bertz CT molecular complexity index is 1390. The number of ether oxygens (including phenoxy) is 10. The molecule has 4 N–H and O–H groups in total. The molecule has 0 unspecified atom stereocenters. The fourth-order valence-electron chi connectivity index (χ4n) is 7.12. The molecule has 12 atom stereocenters. The summed E-state index contributed by atoms with van der Waals surface area (Å²) in [5.41, 5.74) is -0.789. The van der Waals surface area contributed by atoms with E-state index in [0.717, 1.165) is 0 Å². The second kappa shape index (κ2) is 18.0. The maximum atomic E-state index is 13.7. The summed E-state index contributed by atoms with van der Waals surface area (Å²) >= 11 is 0. The van der Waals surface area contributed by atoms with Crippen molar-refractivity contribution in [1.82, 2.24) is 21.3 Å². The van der Waals surface area contributed by atoms with Gasteiger partial charge in [0.05, 0.1) is 19.2 Å². The molecular formula is C36H60N4O15. The predicted octanol–water partition coefficient (Wildman–Crippen LogP) is 0.890. The lowest BCUT2D eigenvalue weighted by Crippen LogP contribution is -2.54. The highest BCUT2D eigenvalue weighted by molar-refractivity contribution is 5.87. The van der Waals surface area contributed by atoms with Gasteiger partial charge in [-0.1, -0.05) is 0 Å². The van der Waals surface area contributed by atoms with Gasteiger partial charge in [-0.2, -0.15) is 0 Å². The van der Waals surface area contributed by atoms with Crippen molar-refractivity contribution in [2.45, 2.75) is 179 Å². The van der Waals surface area contributed by atoms with Crippen LogP contribution in [0.25, 0.3) is 0 Å². The van der Waals surface area contributed by atoms with Crippen LogP contribution in [0.1, 0.15) is 88.0 Å². The van der Waals surface area contributed by atoms with Crippen molar-refractivity contribution in [3.63, 3.8) is 0 Å². The highest BCUT2D eigenvalue weighted by Gasteiger charge is 2.59. The molecule has 4 rings (SSSR count). The number of carbonyl (C=O) groups excluding carboxylic acids is 5. The number of carbonyl (C=O) groups is 5. The Kier molecular flexibility index (Phi) is 14.5. The molecule has 4 aliphatic heterocycles. The van der Waals surface area contributed by atoms with E-state index in [1.165, 1.54) is 35.2 Å². The van der Waals surface area contributed by atoms with Crippen molar-refractivity contribution in [3.05, 3.63) is 0 Å². The Hall–Kier alpha value is -3.17. The van der Waals surface area contributed by atoms with Crippen LogP contribution in [0.5, 0.6) is 0 Å². The minimum absolute atomic E-state index is 0.0763. The van der Waals surface area contributed by atoms with Crippen molar-refractivity contribution in [1.29, 1.82) is 0 Å². The minimum Gasteiger partial charge on any atom is -0.467 e. The quantitative estimate of drug-likeness (QED) is 0.159. The molecule has 4 fully saturated rings. The van der Waals surface area contributed by atoms with E-state index in [4.69, 9.17) is 42.6 Å². The van der Waals surface area contributed by atoms with Gasteiger partial charge < -0.3 is 68.6 Å². The average Bonchev–Trinajstić information content (AvgIpc) is 3.78. The van der Waals surface area contributed by atoms with Gasteiger partial charge in [0, 0.05) is 27.1 Å². The van der Waals surface area contributed by atoms with E-state index in [-0.39, 0.29) is 25.7 Å². The van der Waals surface area contributed by atoms with Crippen molar-refractivity contribution < 1.29 is 71.3 Å². The predicted molar refractivity (Wildman–Crippen MR) is 190 cm³/mol. The average molecular weight is 789 g/mol. The zero-order valence-corrected chi connectivity index (χ0v) is 33.9. The molecule has 0 aromatic carbocycles. The van der Waals surface area contributed by atoms with Gasteiger partial charge in [-0.05, 0) is 75.2 Å². The maximum Gasteiger partial charge on any atom is 0.407 e. The first-order valence-corrected chi connectivity index (χ1v) is 18.6. The Labute approximate surface area is 322 Å². The van der Waals surface area contributed by atoms with Gasteiger partial charge in [-0.25, -0.2) is 9.59 Å². The lowest BCUT2D eigenvalue weighted by molar-refractivity contribution is -0.230. The number of fused-ring (bicyclic) bond motifs is 2. The summed E-state index contributed by atoms with van der Waals surface area (Å²) in [5, 5.41) is 11.0. The van der Waals surface area contributed by atoms with Gasteiger partial charge in [-0.3, -0.25) is 14.4 Å². The first kappa shape index (κ1) is 44.5. The number of rotatable bonds is 16. The topological polar surface area (TPSA) is 226 Å². The SMILES string of the molecule is COC(=O)[C@H](C)NC(=O)CC[C@H](NC(=O)[C@H](C)NC(=O)CC[C@H](NC(=O)OC(C)(C)C)[C@H]1O[C@H](OC)[C@H]2OC(C)(C)O[C@H]21)[C@H]1O[C@H](OC)[C@H]2OC(C)(C)O[C@H]21. The Balaban J connectivity index is 1.43. The monoisotopic (exact) mass is 788 g/mol. The van der Waals surface area contributed by atoms with Crippen molar-refractivity contribution >= 4 is 29.8 Å². The number of amides is 4. The molecule has 0 spiro atoms. The summed E-state index contributed by atoms with van der Waals surface area (Å²) in [5.74, 6) is -4.01. The molecule has 19 nitrogen and oxygen atoms in total. The van der Waals surface area contributed by atoms with Crippen LogP contribution in [0.15, 0.2) is 0 Å². The second-order valence-electron chi connectivity index (χ2n) is 16.1. The smallest absolute Gasteiger partial charge is 0.407 e. The third-order valence-electron chi connectivity index (χ3n) is 9.45. The molecule has 4 heterocycles. The van der Waals surface area contributed by atoms with E-state index in [1.54, 1.807) is 48.5 Å². The summed E-state index contributed by atoms with van der Waals surface area (Å²) in [6.45, 7) is 15.2. The van der Waals surface area contributed by atoms with Crippen LogP contribution in [0, 0.1) is 0 Å². The van der Waals surface area contributed by atoms with E-state index in [2.05, 4.69) is 26.0 Å². The lowest BCUT2D eigenvalue weighted by Gasteiger charge is -2.31. The first-order chi connectivity index (χ1) is 25.6. The highest BCUT2D eigenvalue weighted by Crippen LogP contribution is 2.42. The number of nitrogens with one attached hydrogen (secondary N) is 4. The molecule has 4 aliphatic rings. The normalized spacial score (nSPS) is 31.3. The van der Waals surface area contributed by atoms with Gasteiger partial charge in [-0.15, -0.1) is 0 Å². The molecule has 0 aromatic heterocycles. The number of hydrogen-bond acceptors (Lipinski definition) is 15. The third-order valence-corrected chi connectivity index (χ3v) is 9.45. The van der Waals surface area contributed by atoms with Gasteiger partial charge >= 0.3 is 12.1 Å². The molecule has 0 aliphatic carbocycles. The van der Waals surface area contributed by atoms with Crippen molar-refractivity contribution in [2.24, 2.45) is 0 Å². The zero-order chi connectivity index (χ0) is 41.0. The Morgan fingerprint density at radius 2 is 1.05 bits per heavy atom. The molecule has 19 heteroatoms. The van der Waals surface area contributed by atoms with Crippen LogP contribution >= 0.6 is 0 Å². The Morgan fingerprint density at radius 3 is 1.47 bits per heavy atom. The first-order valence-electron chi connectivity index (χ1n) is 18.6. The summed E-state index contributed by atoms with van der Waals surface area (Å²) in [4.78, 5) is 64.6. The van der Waals surface area contributed by atoms with E-state index in [9.17, 15) is 24.0 Å². The summed E-state index contributed by atoms with van der Waals surface area (Å²) < 4.78 is 57.7. The summed E-state index contributed by atoms with van der Waals surface area (Å²) in [6, 6.07) is -3.50. The van der Waals surface area contributed by atoms with Crippen LogP contribution < -0.4 is 21.3 Å². The standard InChI is InChI=1S/C36H60N4O15/c1-17(37-21(41)16-14-20(40-33(45)55-34(3,4)5)24-26-28(32(48-12)50-24)54-36(8,9)52-26)29(43)39-19(13-15-22(42)38-18(2)30(44)46-10)23-25-27(31(47-11)49-23)53-35(6,7)51-25/h17-20,23-28,31-32H,13-16H2,1-12H3,(H,37,41)(H,38,42)(H,39,43)(H,40,45)/t17-,18-,19-,20-,23+,24+,25-,26-,27-,28-,31-,32-/m0/s1. The summed E-state index contributed by atoms with van der Waals surface area (Å²) in [6.07, 6.45) is -6.38. The molecule has 314 valence electrons. The molecule has 55 heavy (non-hydrogen) atoms.